The topological polar surface area (TPSA) is 60.0 Å². The molecule has 160 valence electrons. The van der Waals surface area contributed by atoms with Crippen LogP contribution in [0, 0.1) is 0 Å². The summed E-state index contributed by atoms with van der Waals surface area (Å²) >= 11 is 1.55. The fraction of sp³-hybridized carbons (Fsp3) is 0.682. The van der Waals surface area contributed by atoms with Crippen LogP contribution in [0.1, 0.15) is 38.5 Å². The van der Waals surface area contributed by atoms with Gasteiger partial charge in [-0.25, -0.2) is 0 Å². The second-order valence-electron chi connectivity index (χ2n) is 8.11. The minimum absolute atomic E-state index is 0.0975. The normalized spacial score (nSPS) is 21.9. The van der Waals surface area contributed by atoms with Gasteiger partial charge < -0.3 is 19.5 Å². The molecule has 1 saturated carbocycles. The predicted molar refractivity (Wildman–Crippen MR) is 114 cm³/mol. The number of carbonyl (C=O) groups excluding carboxylic acids is 1. The molecule has 1 aromatic carbocycles. The average Bonchev–Trinajstić information content (AvgIpc) is 3.02. The van der Waals surface area contributed by atoms with E-state index >= 15 is 0 Å². The van der Waals surface area contributed by atoms with Gasteiger partial charge in [-0.15, -0.1) is 11.8 Å². The van der Waals surface area contributed by atoms with E-state index in [1.807, 2.05) is 18.2 Å². The third kappa shape index (κ3) is 5.38. The second-order valence-corrected chi connectivity index (χ2v) is 9.16. The summed E-state index contributed by atoms with van der Waals surface area (Å²) in [6.07, 6.45) is 7.04. The third-order valence-electron chi connectivity index (χ3n) is 6.17. The minimum atomic E-state index is 0.0975. The van der Waals surface area contributed by atoms with E-state index < -0.39 is 0 Å². The molecule has 1 amide bonds. The van der Waals surface area contributed by atoms with Gasteiger partial charge in [-0.1, -0.05) is 19.3 Å². The first-order chi connectivity index (χ1) is 14.3. The molecular formula is C22H32N2O4S. The van der Waals surface area contributed by atoms with E-state index in [0.29, 0.717) is 19.0 Å². The zero-order chi connectivity index (χ0) is 19.9. The largest absolute Gasteiger partial charge is 0.490 e. The summed E-state index contributed by atoms with van der Waals surface area (Å²) in [6.45, 7) is 5.65. The summed E-state index contributed by atoms with van der Waals surface area (Å²) in [7, 11) is 0. The first-order valence-electron chi connectivity index (χ1n) is 10.9. The van der Waals surface area contributed by atoms with E-state index in [1.54, 1.807) is 11.8 Å². The molecule has 4 rings (SSSR count). The Morgan fingerprint density at radius 2 is 1.76 bits per heavy atom. The Bertz CT molecular complexity index is 687. The standard InChI is InChI=1S/C22H32N2O4S/c25-21(16-29-18-5-6-19-20(15-18)28-12-4-11-27-19)23-17-22(7-2-1-3-8-22)24-9-13-26-14-10-24/h5-6,15H,1-4,7-14,16-17H2,(H,23,25). The highest BCUT2D eigenvalue weighted by Gasteiger charge is 2.38. The van der Waals surface area contributed by atoms with Crippen molar-refractivity contribution in [2.24, 2.45) is 0 Å². The van der Waals surface area contributed by atoms with Gasteiger partial charge in [0.15, 0.2) is 11.5 Å². The number of hydrogen-bond donors (Lipinski definition) is 1. The van der Waals surface area contributed by atoms with Crippen molar-refractivity contribution >= 4 is 17.7 Å². The fourth-order valence-electron chi connectivity index (χ4n) is 4.55. The number of nitrogens with one attached hydrogen (secondary N) is 1. The maximum Gasteiger partial charge on any atom is 0.230 e. The maximum absolute atomic E-state index is 12.6. The van der Waals surface area contributed by atoms with E-state index in [2.05, 4.69) is 10.2 Å². The van der Waals surface area contributed by atoms with Crippen LogP contribution in [-0.2, 0) is 9.53 Å². The molecule has 7 heteroatoms. The Morgan fingerprint density at radius 1 is 1.00 bits per heavy atom. The van der Waals surface area contributed by atoms with Crippen LogP contribution in [0.15, 0.2) is 23.1 Å². The maximum atomic E-state index is 12.6. The lowest BCUT2D eigenvalue weighted by Crippen LogP contribution is -2.59. The number of carbonyl (C=O) groups is 1. The van der Waals surface area contributed by atoms with Crippen LogP contribution in [0.2, 0.25) is 0 Å². The highest BCUT2D eigenvalue weighted by molar-refractivity contribution is 8.00. The van der Waals surface area contributed by atoms with Gasteiger partial charge in [0.2, 0.25) is 5.91 Å². The molecule has 6 nitrogen and oxygen atoms in total. The molecule has 29 heavy (non-hydrogen) atoms. The average molecular weight is 421 g/mol. The first-order valence-corrected chi connectivity index (χ1v) is 11.9. The number of hydrogen-bond acceptors (Lipinski definition) is 6. The summed E-state index contributed by atoms with van der Waals surface area (Å²) in [4.78, 5) is 16.2. The van der Waals surface area contributed by atoms with E-state index in [-0.39, 0.29) is 11.4 Å². The molecule has 0 radical (unpaired) electrons. The van der Waals surface area contributed by atoms with Crippen molar-refractivity contribution in [2.45, 2.75) is 49.0 Å². The second kappa shape index (κ2) is 10.0. The van der Waals surface area contributed by atoms with Gasteiger partial charge in [-0.05, 0) is 31.0 Å². The number of morpholine rings is 1. The summed E-state index contributed by atoms with van der Waals surface area (Å²) in [5, 5.41) is 3.23. The van der Waals surface area contributed by atoms with Gasteiger partial charge >= 0.3 is 0 Å². The highest BCUT2D eigenvalue weighted by Crippen LogP contribution is 2.35. The van der Waals surface area contributed by atoms with Crippen molar-refractivity contribution < 1.29 is 19.0 Å². The molecule has 2 aliphatic heterocycles. The van der Waals surface area contributed by atoms with Crippen molar-refractivity contribution in [2.75, 3.05) is 51.8 Å². The number of fused-ring (bicyclic) bond motifs is 1. The third-order valence-corrected chi connectivity index (χ3v) is 7.16. The van der Waals surface area contributed by atoms with Crippen LogP contribution in [-0.4, -0.2) is 68.2 Å². The molecule has 1 aromatic rings. The Hall–Kier alpha value is -1.44. The molecule has 0 spiro atoms. The predicted octanol–water partition coefficient (Wildman–Crippen LogP) is 3.09. The summed E-state index contributed by atoms with van der Waals surface area (Å²) < 4.78 is 17.0. The number of benzene rings is 1. The van der Waals surface area contributed by atoms with Gasteiger partial charge in [0, 0.05) is 36.5 Å². The van der Waals surface area contributed by atoms with Crippen molar-refractivity contribution in [1.29, 1.82) is 0 Å². The van der Waals surface area contributed by atoms with Gasteiger partial charge in [0.1, 0.15) is 0 Å². The monoisotopic (exact) mass is 420 g/mol. The van der Waals surface area contributed by atoms with E-state index in [1.165, 1.54) is 32.1 Å². The van der Waals surface area contributed by atoms with Crippen LogP contribution in [0.3, 0.4) is 0 Å². The van der Waals surface area contributed by atoms with E-state index in [4.69, 9.17) is 14.2 Å². The Balaban J connectivity index is 1.30. The smallest absolute Gasteiger partial charge is 0.230 e. The lowest BCUT2D eigenvalue weighted by atomic mass is 9.79. The SMILES string of the molecule is O=C(CSc1ccc2c(c1)OCCCO2)NCC1(N2CCOCC2)CCCCC1. The quantitative estimate of drug-likeness (QED) is 0.714. The molecule has 1 N–H and O–H groups in total. The van der Waals surface area contributed by atoms with Crippen LogP contribution in [0.4, 0.5) is 0 Å². The van der Waals surface area contributed by atoms with E-state index in [9.17, 15) is 4.79 Å². The summed E-state index contributed by atoms with van der Waals surface area (Å²) in [6, 6.07) is 5.92. The van der Waals surface area contributed by atoms with Crippen molar-refractivity contribution in [3.63, 3.8) is 0 Å². The molecule has 2 heterocycles. The van der Waals surface area contributed by atoms with Gasteiger partial charge in [0.25, 0.3) is 0 Å². The molecule has 0 aromatic heterocycles. The molecule has 1 aliphatic carbocycles. The molecule has 1 saturated heterocycles. The number of rotatable bonds is 6. The van der Waals surface area contributed by atoms with E-state index in [0.717, 1.165) is 55.7 Å². The Labute approximate surface area is 177 Å². The molecule has 0 unspecified atom stereocenters. The minimum Gasteiger partial charge on any atom is -0.490 e. The number of amides is 1. The van der Waals surface area contributed by atoms with Crippen LogP contribution in [0.5, 0.6) is 11.5 Å². The molecule has 3 aliphatic rings. The van der Waals surface area contributed by atoms with Gasteiger partial charge in [-0.3, -0.25) is 9.69 Å². The summed E-state index contributed by atoms with van der Waals surface area (Å²) in [5.41, 5.74) is 0.109. The van der Waals surface area contributed by atoms with Crippen LogP contribution in [0.25, 0.3) is 0 Å². The molecule has 0 atom stereocenters. The van der Waals surface area contributed by atoms with Crippen molar-refractivity contribution in [1.82, 2.24) is 10.2 Å². The Morgan fingerprint density at radius 3 is 2.55 bits per heavy atom. The van der Waals surface area contributed by atoms with Crippen LogP contribution >= 0.6 is 11.8 Å². The number of nitrogens with zero attached hydrogens (tertiary/aromatic N) is 1. The zero-order valence-electron chi connectivity index (χ0n) is 17.1. The highest BCUT2D eigenvalue weighted by atomic mass is 32.2. The fourth-order valence-corrected chi connectivity index (χ4v) is 5.30. The summed E-state index contributed by atoms with van der Waals surface area (Å²) in [5.74, 6) is 2.08. The molecule has 0 bridgehead atoms. The van der Waals surface area contributed by atoms with Crippen molar-refractivity contribution in [3.8, 4) is 11.5 Å². The zero-order valence-corrected chi connectivity index (χ0v) is 17.9. The lowest BCUT2D eigenvalue weighted by molar-refractivity contribution is -0.119. The van der Waals surface area contributed by atoms with Crippen LogP contribution < -0.4 is 14.8 Å². The van der Waals surface area contributed by atoms with Gasteiger partial charge in [0.05, 0.1) is 32.2 Å². The Kier molecular flexibility index (Phi) is 7.21. The first kappa shape index (κ1) is 20.8. The number of thioether (sulfide) groups is 1. The van der Waals surface area contributed by atoms with Crippen molar-refractivity contribution in [3.05, 3.63) is 18.2 Å². The van der Waals surface area contributed by atoms with Gasteiger partial charge in [-0.2, -0.15) is 0 Å². The number of ether oxygens (including phenoxy) is 3. The molecular weight excluding hydrogens is 388 g/mol. The molecule has 2 fully saturated rings. The lowest BCUT2D eigenvalue weighted by Gasteiger charge is -2.48.